The molecular weight excluding hydrogens is 206 g/mol. The summed E-state index contributed by atoms with van der Waals surface area (Å²) < 4.78 is 1.62. The predicted molar refractivity (Wildman–Crippen MR) is 59.7 cm³/mol. The van der Waals surface area contributed by atoms with Gasteiger partial charge in [-0.05, 0) is 5.92 Å². The van der Waals surface area contributed by atoms with E-state index < -0.39 is 0 Å². The van der Waals surface area contributed by atoms with Crippen molar-refractivity contribution in [3.63, 3.8) is 0 Å². The average Bonchev–Trinajstić information content (AvgIpc) is 2.83. The van der Waals surface area contributed by atoms with Crippen LogP contribution in [-0.4, -0.2) is 36.7 Å². The highest BCUT2D eigenvalue weighted by molar-refractivity contribution is 5.48. The molecule has 0 atom stereocenters. The minimum absolute atomic E-state index is 0.554. The molecule has 7 nitrogen and oxygen atoms in total. The topological polar surface area (TPSA) is 84.3 Å². The Morgan fingerprint density at radius 1 is 1.50 bits per heavy atom. The highest BCUT2D eigenvalue weighted by Crippen LogP contribution is 2.11. The van der Waals surface area contributed by atoms with Crippen LogP contribution in [0, 0.1) is 5.92 Å². The van der Waals surface area contributed by atoms with E-state index in [9.17, 15) is 0 Å². The number of nitrogens with one attached hydrogen (secondary N) is 2. The van der Waals surface area contributed by atoms with Crippen LogP contribution in [0.25, 0.3) is 11.5 Å². The van der Waals surface area contributed by atoms with Crippen LogP contribution in [0.5, 0.6) is 0 Å². The lowest BCUT2D eigenvalue weighted by Crippen LogP contribution is -2.08. The molecular formula is C9H15N7. The largest absolute Gasteiger partial charge is 0.353 e. The summed E-state index contributed by atoms with van der Waals surface area (Å²) in [7, 11) is 1.81. The Hall–Kier alpha value is -1.92. The molecule has 7 heteroatoms. The summed E-state index contributed by atoms with van der Waals surface area (Å²) in [5, 5.41) is 17.8. The summed E-state index contributed by atoms with van der Waals surface area (Å²) in [6.07, 6.45) is 1.78. The second-order valence-electron chi connectivity index (χ2n) is 4.06. The van der Waals surface area contributed by atoms with Crippen molar-refractivity contribution >= 4 is 5.95 Å². The maximum Gasteiger partial charge on any atom is 0.242 e. The number of nitrogens with zero attached hydrogens (tertiary/aromatic N) is 5. The first-order valence-electron chi connectivity index (χ1n) is 5.18. The van der Waals surface area contributed by atoms with Gasteiger partial charge in [-0.1, -0.05) is 19.1 Å². The number of aryl methyl sites for hydroxylation is 1. The van der Waals surface area contributed by atoms with E-state index in [4.69, 9.17) is 0 Å². The Labute approximate surface area is 93.3 Å². The molecule has 0 aliphatic rings. The zero-order chi connectivity index (χ0) is 11.5. The molecule has 0 amide bonds. The van der Waals surface area contributed by atoms with E-state index in [1.54, 1.807) is 10.9 Å². The van der Waals surface area contributed by atoms with E-state index in [2.05, 4.69) is 44.7 Å². The second-order valence-corrected chi connectivity index (χ2v) is 4.06. The van der Waals surface area contributed by atoms with Gasteiger partial charge in [0.1, 0.15) is 5.69 Å². The molecule has 2 N–H and O–H groups in total. The summed E-state index contributed by atoms with van der Waals surface area (Å²) in [6, 6.07) is 0. The summed E-state index contributed by atoms with van der Waals surface area (Å²) in [5.41, 5.74) is 0.688. The van der Waals surface area contributed by atoms with Crippen LogP contribution in [0.1, 0.15) is 13.8 Å². The summed E-state index contributed by atoms with van der Waals surface area (Å²) in [6.45, 7) is 5.10. The standard InChI is InChI=1S/C9H15N7/c1-6(2)4-10-9-11-8(13-14-9)7-5-16(3)15-12-7/h5-6H,4H2,1-3H3,(H2,10,11,13,14). The predicted octanol–water partition coefficient (Wildman–Crippen LogP) is 0.668. The highest BCUT2D eigenvalue weighted by Gasteiger charge is 2.08. The van der Waals surface area contributed by atoms with E-state index in [0.717, 1.165) is 6.54 Å². The third-order valence-electron chi connectivity index (χ3n) is 2.00. The number of rotatable bonds is 4. The molecule has 2 aromatic rings. The van der Waals surface area contributed by atoms with Crippen molar-refractivity contribution in [2.75, 3.05) is 11.9 Å². The number of aromatic nitrogens is 6. The summed E-state index contributed by atoms with van der Waals surface area (Å²) in [5.74, 6) is 1.77. The highest BCUT2D eigenvalue weighted by atomic mass is 15.4. The molecule has 0 aliphatic carbocycles. The molecule has 16 heavy (non-hydrogen) atoms. The number of hydrogen-bond donors (Lipinski definition) is 2. The molecule has 2 aromatic heterocycles. The lowest BCUT2D eigenvalue weighted by Gasteiger charge is -2.03. The Morgan fingerprint density at radius 3 is 2.94 bits per heavy atom. The first-order chi connectivity index (χ1) is 7.65. The van der Waals surface area contributed by atoms with Crippen molar-refractivity contribution in [1.82, 2.24) is 30.2 Å². The van der Waals surface area contributed by atoms with E-state index in [-0.39, 0.29) is 0 Å². The van der Waals surface area contributed by atoms with E-state index in [1.165, 1.54) is 0 Å². The van der Waals surface area contributed by atoms with Crippen LogP contribution in [0.3, 0.4) is 0 Å². The van der Waals surface area contributed by atoms with Crippen LogP contribution < -0.4 is 5.32 Å². The van der Waals surface area contributed by atoms with Gasteiger partial charge in [0, 0.05) is 13.6 Å². The molecule has 0 saturated heterocycles. The molecule has 0 aromatic carbocycles. The van der Waals surface area contributed by atoms with Gasteiger partial charge >= 0.3 is 0 Å². The van der Waals surface area contributed by atoms with Crippen molar-refractivity contribution in [3.8, 4) is 11.5 Å². The third-order valence-corrected chi connectivity index (χ3v) is 2.00. The average molecular weight is 221 g/mol. The van der Waals surface area contributed by atoms with Gasteiger partial charge in [-0.2, -0.15) is 4.98 Å². The molecule has 2 heterocycles. The van der Waals surface area contributed by atoms with Gasteiger partial charge in [0.15, 0.2) is 5.82 Å². The number of hydrogen-bond acceptors (Lipinski definition) is 5. The fourth-order valence-electron chi connectivity index (χ4n) is 1.21. The lowest BCUT2D eigenvalue weighted by molar-refractivity contribution is 0.685. The molecule has 0 unspecified atom stereocenters. The number of H-pyrrole nitrogens is 1. The molecule has 0 aliphatic heterocycles. The minimum Gasteiger partial charge on any atom is -0.353 e. The Bertz CT molecular complexity index is 456. The van der Waals surface area contributed by atoms with Gasteiger partial charge in [-0.25, -0.2) is 0 Å². The summed E-state index contributed by atoms with van der Waals surface area (Å²) >= 11 is 0. The van der Waals surface area contributed by atoms with Crippen molar-refractivity contribution < 1.29 is 0 Å². The number of anilines is 1. The van der Waals surface area contributed by atoms with Crippen molar-refractivity contribution in [2.24, 2.45) is 13.0 Å². The first-order valence-corrected chi connectivity index (χ1v) is 5.18. The maximum absolute atomic E-state index is 4.27. The molecule has 0 saturated carbocycles. The van der Waals surface area contributed by atoms with Crippen LogP contribution >= 0.6 is 0 Å². The van der Waals surface area contributed by atoms with Gasteiger partial charge in [0.2, 0.25) is 5.95 Å². The summed E-state index contributed by atoms with van der Waals surface area (Å²) in [4.78, 5) is 4.27. The first kappa shape index (κ1) is 10.6. The van der Waals surface area contributed by atoms with E-state index in [0.29, 0.717) is 23.4 Å². The van der Waals surface area contributed by atoms with Gasteiger partial charge in [0.25, 0.3) is 0 Å². The van der Waals surface area contributed by atoms with E-state index >= 15 is 0 Å². The fraction of sp³-hybridized carbons (Fsp3) is 0.556. The number of aromatic amines is 1. The lowest BCUT2D eigenvalue weighted by atomic mass is 10.2. The Morgan fingerprint density at radius 2 is 2.31 bits per heavy atom. The van der Waals surface area contributed by atoms with Gasteiger partial charge in [0.05, 0.1) is 6.20 Å². The van der Waals surface area contributed by atoms with Crippen molar-refractivity contribution in [1.29, 1.82) is 0 Å². The SMILES string of the molecule is CC(C)CNc1n[nH]c(-c2cn(C)nn2)n1. The van der Waals surface area contributed by atoms with Crippen molar-refractivity contribution in [2.45, 2.75) is 13.8 Å². The minimum atomic E-state index is 0.554. The quantitative estimate of drug-likeness (QED) is 0.792. The molecule has 0 fully saturated rings. The molecule has 2 rings (SSSR count). The zero-order valence-electron chi connectivity index (χ0n) is 9.60. The Kier molecular flexibility index (Phi) is 2.84. The Balaban J connectivity index is 2.07. The van der Waals surface area contributed by atoms with Crippen LogP contribution in [-0.2, 0) is 7.05 Å². The maximum atomic E-state index is 4.27. The van der Waals surface area contributed by atoms with Gasteiger partial charge in [-0.15, -0.1) is 10.2 Å². The van der Waals surface area contributed by atoms with Gasteiger partial charge < -0.3 is 5.32 Å². The third kappa shape index (κ3) is 2.36. The van der Waals surface area contributed by atoms with Gasteiger partial charge in [-0.3, -0.25) is 9.78 Å². The van der Waals surface area contributed by atoms with Crippen LogP contribution in [0.2, 0.25) is 0 Å². The second kappa shape index (κ2) is 4.30. The molecule has 0 radical (unpaired) electrons. The molecule has 0 bridgehead atoms. The zero-order valence-corrected chi connectivity index (χ0v) is 9.60. The monoisotopic (exact) mass is 221 g/mol. The van der Waals surface area contributed by atoms with Crippen molar-refractivity contribution in [3.05, 3.63) is 6.20 Å². The van der Waals surface area contributed by atoms with Crippen LogP contribution in [0.15, 0.2) is 6.20 Å². The molecule has 86 valence electrons. The molecule has 0 spiro atoms. The smallest absolute Gasteiger partial charge is 0.242 e. The van der Waals surface area contributed by atoms with E-state index in [1.807, 2.05) is 7.05 Å². The fourth-order valence-corrected chi connectivity index (χ4v) is 1.21. The van der Waals surface area contributed by atoms with Crippen LogP contribution in [0.4, 0.5) is 5.95 Å². The normalized spacial score (nSPS) is 11.0.